The summed E-state index contributed by atoms with van der Waals surface area (Å²) in [5.41, 5.74) is 0.855. The first-order valence-electron chi connectivity index (χ1n) is 11.1. The topological polar surface area (TPSA) is 18.5 Å². The van der Waals surface area contributed by atoms with Crippen LogP contribution in [-0.4, -0.2) is 22.8 Å². The normalized spacial score (nSPS) is 37.8. The largest absolute Gasteiger partial charge is 0.397 e. The summed E-state index contributed by atoms with van der Waals surface area (Å²) in [6, 6.07) is 0. The maximum absolute atomic E-state index is 6.75. The van der Waals surface area contributed by atoms with Gasteiger partial charge in [-0.15, -0.1) is 0 Å². The van der Waals surface area contributed by atoms with Crippen molar-refractivity contribution < 1.29 is 8.85 Å². The summed E-state index contributed by atoms with van der Waals surface area (Å²) in [6.45, 7) is 24.9. The Labute approximate surface area is 171 Å². The number of hydrogen-bond donors (Lipinski definition) is 0. The van der Waals surface area contributed by atoms with Gasteiger partial charge in [0.15, 0.2) is 0 Å². The van der Waals surface area contributed by atoms with Crippen LogP contribution in [0.25, 0.3) is 0 Å². The fraction of sp³-hybridized carbons (Fsp3) is 1.00. The molecule has 0 N–H and O–H groups in total. The Kier molecular flexibility index (Phi) is 5.70. The molecule has 0 aromatic carbocycles. The smallest absolute Gasteiger partial charge is 0.351 e. The van der Waals surface area contributed by atoms with Gasteiger partial charge in [0.05, 0.1) is 0 Å². The molecule has 2 fully saturated rings. The number of rotatable bonds is 4. The highest BCUT2D eigenvalue weighted by Crippen LogP contribution is 2.77. The van der Waals surface area contributed by atoms with Crippen LogP contribution in [0.2, 0.25) is 10.1 Å². The first-order chi connectivity index (χ1) is 12.0. The maximum atomic E-state index is 6.75. The Morgan fingerprint density at radius 1 is 0.519 bits per heavy atom. The molecule has 2 rings (SSSR count). The zero-order valence-corrected chi connectivity index (χ0v) is 21.6. The third-order valence-electron chi connectivity index (χ3n) is 11.1. The zero-order valence-electron chi connectivity index (χ0n) is 20.6. The fourth-order valence-electron chi connectivity index (χ4n) is 7.26. The summed E-state index contributed by atoms with van der Waals surface area (Å²) < 4.78 is 13.5. The van der Waals surface area contributed by atoms with E-state index in [9.17, 15) is 0 Å². The van der Waals surface area contributed by atoms with Crippen molar-refractivity contribution in [1.82, 2.24) is 0 Å². The lowest BCUT2D eigenvalue weighted by Crippen LogP contribution is -2.71. The Morgan fingerprint density at radius 3 is 1.07 bits per heavy atom. The molecule has 0 bridgehead atoms. The van der Waals surface area contributed by atoms with Crippen molar-refractivity contribution in [2.24, 2.45) is 21.7 Å². The second kappa shape index (κ2) is 6.57. The Balaban J connectivity index is 2.78. The van der Waals surface area contributed by atoms with Crippen LogP contribution in [0, 0.1) is 21.7 Å². The molecule has 0 heterocycles. The molecule has 2 saturated carbocycles. The number of hydrogen-bond acceptors (Lipinski definition) is 2. The quantitative estimate of drug-likeness (QED) is 0.453. The van der Waals surface area contributed by atoms with Crippen LogP contribution in [0.5, 0.6) is 0 Å². The van der Waals surface area contributed by atoms with E-state index >= 15 is 0 Å². The minimum Gasteiger partial charge on any atom is -0.397 e. The van der Waals surface area contributed by atoms with E-state index in [1.807, 2.05) is 14.2 Å². The summed E-state index contributed by atoms with van der Waals surface area (Å²) in [5, 5.41) is 0.120. The molecule has 2 aliphatic rings. The molecule has 0 aliphatic heterocycles. The third kappa shape index (κ3) is 2.63. The summed E-state index contributed by atoms with van der Waals surface area (Å²) in [4.78, 5) is 0. The fourth-order valence-corrected chi connectivity index (χ4v) is 13.8. The molecule has 0 radical (unpaired) electrons. The van der Waals surface area contributed by atoms with E-state index < -0.39 is 8.56 Å². The van der Waals surface area contributed by atoms with Crippen molar-refractivity contribution >= 4 is 8.56 Å². The van der Waals surface area contributed by atoms with E-state index in [0.717, 1.165) is 0 Å². The molecular weight excluding hydrogens is 348 g/mol. The molecule has 27 heavy (non-hydrogen) atoms. The van der Waals surface area contributed by atoms with E-state index in [1.165, 1.54) is 38.5 Å². The van der Waals surface area contributed by atoms with Gasteiger partial charge in [-0.25, -0.2) is 0 Å². The molecule has 0 spiro atoms. The van der Waals surface area contributed by atoms with E-state index in [2.05, 4.69) is 69.2 Å². The van der Waals surface area contributed by atoms with Gasteiger partial charge in [-0.05, 0) is 47.3 Å². The van der Waals surface area contributed by atoms with Crippen LogP contribution >= 0.6 is 0 Å². The van der Waals surface area contributed by atoms with E-state index in [4.69, 9.17) is 8.85 Å². The second-order valence-corrected chi connectivity index (χ2v) is 16.7. The highest BCUT2D eigenvalue weighted by atomic mass is 28.4. The minimum absolute atomic E-state index is 0.0602. The molecule has 0 aromatic rings. The lowest BCUT2D eigenvalue weighted by molar-refractivity contribution is -0.0571. The molecular formula is C24H48O2Si. The summed E-state index contributed by atoms with van der Waals surface area (Å²) in [6.07, 6.45) is 7.55. The van der Waals surface area contributed by atoms with Crippen LogP contribution in [0.3, 0.4) is 0 Å². The maximum Gasteiger partial charge on any atom is 0.351 e. The van der Waals surface area contributed by atoms with E-state index in [-0.39, 0.29) is 31.7 Å². The Hall–Kier alpha value is 0.137. The molecule has 0 saturated heterocycles. The van der Waals surface area contributed by atoms with Crippen molar-refractivity contribution in [2.45, 2.75) is 118 Å². The van der Waals surface area contributed by atoms with E-state index in [0.29, 0.717) is 0 Å². The average Bonchev–Trinajstić information content (AvgIpc) is 2.53. The SMILES string of the molecule is CO[Si](OC)(C1(C)CCCC(C)(C)C1(C)C)C1(C)CCCC(C)(C)C1(C)C. The summed E-state index contributed by atoms with van der Waals surface area (Å²) in [5.74, 6) is 0. The first-order valence-corrected chi connectivity index (χ1v) is 13.0. The highest BCUT2D eigenvalue weighted by molar-refractivity contribution is 6.74. The average molecular weight is 397 g/mol. The highest BCUT2D eigenvalue weighted by Gasteiger charge is 2.76. The van der Waals surface area contributed by atoms with Crippen molar-refractivity contribution in [3.05, 3.63) is 0 Å². The molecule has 2 atom stereocenters. The van der Waals surface area contributed by atoms with Crippen molar-refractivity contribution in [3.63, 3.8) is 0 Å². The Bertz CT molecular complexity index is 513. The van der Waals surface area contributed by atoms with Crippen LogP contribution in [0.4, 0.5) is 0 Å². The minimum atomic E-state index is -2.64. The van der Waals surface area contributed by atoms with Crippen LogP contribution in [0.1, 0.15) is 108 Å². The lowest BCUT2D eigenvalue weighted by atomic mass is 9.54. The predicted octanol–water partition coefficient (Wildman–Crippen LogP) is 7.71. The van der Waals surface area contributed by atoms with Gasteiger partial charge in [0.25, 0.3) is 0 Å². The molecule has 160 valence electrons. The van der Waals surface area contributed by atoms with Crippen LogP contribution in [-0.2, 0) is 8.85 Å². The van der Waals surface area contributed by atoms with Crippen molar-refractivity contribution in [1.29, 1.82) is 0 Å². The van der Waals surface area contributed by atoms with Gasteiger partial charge < -0.3 is 8.85 Å². The summed E-state index contributed by atoms with van der Waals surface area (Å²) >= 11 is 0. The zero-order chi connectivity index (χ0) is 21.2. The first kappa shape index (κ1) is 23.4. The lowest BCUT2D eigenvalue weighted by Gasteiger charge is -2.70. The summed E-state index contributed by atoms with van der Waals surface area (Å²) in [7, 11) is 1.28. The Morgan fingerprint density at radius 2 is 0.815 bits per heavy atom. The predicted molar refractivity (Wildman–Crippen MR) is 119 cm³/mol. The monoisotopic (exact) mass is 396 g/mol. The molecule has 2 unspecified atom stereocenters. The van der Waals surface area contributed by atoms with Gasteiger partial charge in [0.1, 0.15) is 0 Å². The van der Waals surface area contributed by atoms with Crippen molar-refractivity contribution in [2.75, 3.05) is 14.2 Å². The molecule has 0 aromatic heterocycles. The van der Waals surface area contributed by atoms with Gasteiger partial charge >= 0.3 is 8.56 Å². The van der Waals surface area contributed by atoms with Gasteiger partial charge in [0.2, 0.25) is 0 Å². The van der Waals surface area contributed by atoms with E-state index in [1.54, 1.807) is 0 Å². The third-order valence-corrected chi connectivity index (χ3v) is 16.9. The van der Waals surface area contributed by atoms with Gasteiger partial charge in [0, 0.05) is 24.3 Å². The molecule has 2 aliphatic carbocycles. The van der Waals surface area contributed by atoms with Crippen LogP contribution in [0.15, 0.2) is 0 Å². The van der Waals surface area contributed by atoms with Crippen molar-refractivity contribution in [3.8, 4) is 0 Å². The second-order valence-electron chi connectivity index (χ2n) is 12.4. The molecule has 0 amide bonds. The van der Waals surface area contributed by atoms with Gasteiger partial charge in [-0.2, -0.15) is 0 Å². The van der Waals surface area contributed by atoms with Gasteiger partial charge in [-0.3, -0.25) is 0 Å². The molecule has 2 nitrogen and oxygen atoms in total. The molecule has 3 heteroatoms. The van der Waals surface area contributed by atoms with Gasteiger partial charge in [-0.1, -0.05) is 82.1 Å². The standard InChI is InChI=1S/C24H48O2Si/c1-19(2)15-13-17-23(9,21(19,5)6)27(25-11,26-12)24(10)18-14-16-20(3,4)22(24,7)8/h13-18H2,1-12H3. The van der Waals surface area contributed by atoms with Crippen LogP contribution < -0.4 is 0 Å².